The standard InChI is InChI=1S/C21H18ClN3O/c1-14-11-15-5-2-3-8-19(15)25(14)20-12-16(9-10-23-20)21(26)24-18-7-4-6-17(22)13-18/h2-10,12-14H,11H2,1H3,(H,24,26). The summed E-state index contributed by atoms with van der Waals surface area (Å²) in [6, 6.07) is 19.3. The zero-order valence-electron chi connectivity index (χ0n) is 14.3. The second kappa shape index (κ2) is 6.81. The van der Waals surface area contributed by atoms with Crippen molar-refractivity contribution < 1.29 is 4.79 Å². The van der Waals surface area contributed by atoms with Gasteiger partial charge in [0.15, 0.2) is 0 Å². The highest BCUT2D eigenvalue weighted by molar-refractivity contribution is 6.31. The molecule has 1 amide bonds. The van der Waals surface area contributed by atoms with E-state index in [2.05, 4.69) is 40.3 Å². The molecule has 1 aliphatic rings. The summed E-state index contributed by atoms with van der Waals surface area (Å²) in [7, 11) is 0. The maximum atomic E-state index is 12.6. The van der Waals surface area contributed by atoms with Crippen molar-refractivity contribution in [1.82, 2.24) is 4.98 Å². The molecule has 0 fully saturated rings. The third kappa shape index (κ3) is 3.16. The molecular formula is C21H18ClN3O. The van der Waals surface area contributed by atoms with Crippen LogP contribution in [-0.4, -0.2) is 16.9 Å². The highest BCUT2D eigenvalue weighted by Gasteiger charge is 2.28. The van der Waals surface area contributed by atoms with Gasteiger partial charge in [-0.15, -0.1) is 0 Å². The van der Waals surface area contributed by atoms with E-state index in [1.165, 1.54) is 5.56 Å². The van der Waals surface area contributed by atoms with E-state index in [1.807, 2.05) is 18.2 Å². The number of halogens is 1. The number of para-hydroxylation sites is 1. The van der Waals surface area contributed by atoms with Crippen LogP contribution in [0, 0.1) is 0 Å². The van der Waals surface area contributed by atoms with Gasteiger partial charge in [0.05, 0.1) is 0 Å². The molecule has 4 rings (SSSR count). The molecule has 2 aromatic carbocycles. The molecule has 0 spiro atoms. The Labute approximate surface area is 157 Å². The van der Waals surface area contributed by atoms with Crippen LogP contribution < -0.4 is 10.2 Å². The van der Waals surface area contributed by atoms with Crippen LogP contribution in [0.2, 0.25) is 5.02 Å². The quantitative estimate of drug-likeness (QED) is 0.706. The van der Waals surface area contributed by atoms with Crippen molar-refractivity contribution >= 4 is 34.7 Å². The van der Waals surface area contributed by atoms with Crippen LogP contribution in [0.3, 0.4) is 0 Å². The van der Waals surface area contributed by atoms with Crippen LogP contribution in [0.5, 0.6) is 0 Å². The number of carbonyl (C=O) groups is 1. The second-order valence-electron chi connectivity index (χ2n) is 6.42. The molecule has 1 aliphatic heterocycles. The number of amides is 1. The second-order valence-corrected chi connectivity index (χ2v) is 6.86. The van der Waals surface area contributed by atoms with Crippen LogP contribution in [0.25, 0.3) is 0 Å². The Bertz CT molecular complexity index is 973. The van der Waals surface area contributed by atoms with E-state index < -0.39 is 0 Å². The van der Waals surface area contributed by atoms with Crippen molar-refractivity contribution in [2.24, 2.45) is 0 Å². The highest BCUT2D eigenvalue weighted by Crippen LogP contribution is 2.37. The molecule has 1 atom stereocenters. The van der Waals surface area contributed by atoms with Crippen LogP contribution >= 0.6 is 11.6 Å². The van der Waals surface area contributed by atoms with Crippen LogP contribution in [-0.2, 0) is 6.42 Å². The summed E-state index contributed by atoms with van der Waals surface area (Å²) in [5.74, 6) is 0.595. The van der Waals surface area contributed by atoms with E-state index in [0.717, 1.165) is 17.9 Å². The number of hydrogen-bond donors (Lipinski definition) is 1. The number of pyridine rings is 1. The largest absolute Gasteiger partial charge is 0.323 e. The van der Waals surface area contributed by atoms with E-state index >= 15 is 0 Å². The Kier molecular flexibility index (Phi) is 4.35. The molecule has 26 heavy (non-hydrogen) atoms. The molecule has 0 aliphatic carbocycles. The molecule has 4 nitrogen and oxygen atoms in total. The van der Waals surface area contributed by atoms with Crippen molar-refractivity contribution in [2.75, 3.05) is 10.2 Å². The maximum Gasteiger partial charge on any atom is 0.255 e. The van der Waals surface area contributed by atoms with Crippen molar-refractivity contribution in [3.05, 3.63) is 83.0 Å². The summed E-state index contributed by atoms with van der Waals surface area (Å²) in [4.78, 5) is 19.3. The molecule has 5 heteroatoms. The van der Waals surface area contributed by atoms with Crippen molar-refractivity contribution in [2.45, 2.75) is 19.4 Å². The number of anilines is 3. The zero-order valence-corrected chi connectivity index (χ0v) is 15.1. The zero-order chi connectivity index (χ0) is 18.1. The van der Waals surface area contributed by atoms with E-state index in [4.69, 9.17) is 11.6 Å². The van der Waals surface area contributed by atoms with Gasteiger partial charge in [-0.2, -0.15) is 0 Å². The summed E-state index contributed by atoms with van der Waals surface area (Å²) in [6.45, 7) is 2.17. The Morgan fingerprint density at radius 3 is 2.85 bits per heavy atom. The minimum absolute atomic E-state index is 0.184. The molecule has 3 aromatic rings. The lowest BCUT2D eigenvalue weighted by Gasteiger charge is -2.24. The molecule has 1 aromatic heterocycles. The molecule has 130 valence electrons. The van der Waals surface area contributed by atoms with Gasteiger partial charge in [-0.3, -0.25) is 4.79 Å². The molecule has 0 bridgehead atoms. The number of benzene rings is 2. The van der Waals surface area contributed by atoms with Gasteiger partial charge in [0.25, 0.3) is 5.91 Å². The van der Waals surface area contributed by atoms with Gasteiger partial charge >= 0.3 is 0 Å². The Morgan fingerprint density at radius 1 is 1.15 bits per heavy atom. The van der Waals surface area contributed by atoms with Crippen molar-refractivity contribution in [3.63, 3.8) is 0 Å². The number of nitrogens with one attached hydrogen (secondary N) is 1. The lowest BCUT2D eigenvalue weighted by atomic mass is 10.1. The molecule has 0 saturated carbocycles. The highest BCUT2D eigenvalue weighted by atomic mass is 35.5. The first-order valence-corrected chi connectivity index (χ1v) is 8.90. The van der Waals surface area contributed by atoms with Gasteiger partial charge in [-0.05, 0) is 55.3 Å². The Morgan fingerprint density at radius 2 is 2.00 bits per heavy atom. The fourth-order valence-corrected chi connectivity index (χ4v) is 3.57. The topological polar surface area (TPSA) is 45.2 Å². The first-order valence-electron chi connectivity index (χ1n) is 8.52. The normalized spacial score (nSPS) is 15.6. The Hall–Kier alpha value is -2.85. The van der Waals surface area contributed by atoms with Gasteiger partial charge in [0.1, 0.15) is 5.82 Å². The van der Waals surface area contributed by atoms with Gasteiger partial charge in [-0.25, -0.2) is 4.98 Å². The number of aromatic nitrogens is 1. The number of hydrogen-bond acceptors (Lipinski definition) is 3. The van der Waals surface area contributed by atoms with Crippen LogP contribution in [0.4, 0.5) is 17.2 Å². The van der Waals surface area contributed by atoms with E-state index in [9.17, 15) is 4.79 Å². The summed E-state index contributed by atoms with van der Waals surface area (Å²) in [5.41, 5.74) is 3.68. The van der Waals surface area contributed by atoms with Gasteiger partial charge in [-0.1, -0.05) is 35.9 Å². The number of rotatable bonds is 3. The van der Waals surface area contributed by atoms with E-state index in [0.29, 0.717) is 22.3 Å². The lowest BCUT2D eigenvalue weighted by Crippen LogP contribution is -2.25. The Balaban J connectivity index is 1.62. The lowest BCUT2D eigenvalue weighted by molar-refractivity contribution is 0.102. The number of carbonyl (C=O) groups excluding carboxylic acids is 1. The monoisotopic (exact) mass is 363 g/mol. The van der Waals surface area contributed by atoms with Gasteiger partial charge in [0, 0.05) is 34.2 Å². The molecule has 2 heterocycles. The molecule has 0 saturated heterocycles. The van der Waals surface area contributed by atoms with Gasteiger partial charge < -0.3 is 10.2 Å². The van der Waals surface area contributed by atoms with Crippen LogP contribution in [0.1, 0.15) is 22.8 Å². The molecule has 1 unspecified atom stereocenters. The third-order valence-electron chi connectivity index (χ3n) is 4.54. The smallest absolute Gasteiger partial charge is 0.255 e. The predicted molar refractivity (Wildman–Crippen MR) is 105 cm³/mol. The minimum Gasteiger partial charge on any atom is -0.323 e. The summed E-state index contributed by atoms with van der Waals surface area (Å²) in [5, 5.41) is 3.46. The predicted octanol–water partition coefficient (Wildman–Crippen LogP) is 5.07. The first-order chi connectivity index (χ1) is 12.6. The average Bonchev–Trinajstić information content (AvgIpc) is 2.97. The summed E-state index contributed by atoms with van der Waals surface area (Å²) < 4.78 is 0. The number of nitrogens with zero attached hydrogens (tertiary/aromatic N) is 2. The fraction of sp³-hybridized carbons (Fsp3) is 0.143. The molecule has 0 radical (unpaired) electrons. The minimum atomic E-state index is -0.184. The maximum absolute atomic E-state index is 12.6. The van der Waals surface area contributed by atoms with E-state index in [-0.39, 0.29) is 5.91 Å². The summed E-state index contributed by atoms with van der Waals surface area (Å²) in [6.07, 6.45) is 2.65. The first kappa shape index (κ1) is 16.6. The van der Waals surface area contributed by atoms with Crippen molar-refractivity contribution in [1.29, 1.82) is 0 Å². The third-order valence-corrected chi connectivity index (χ3v) is 4.78. The average molecular weight is 364 g/mol. The van der Waals surface area contributed by atoms with Crippen LogP contribution in [0.15, 0.2) is 66.9 Å². The number of fused-ring (bicyclic) bond motifs is 1. The molecule has 1 N–H and O–H groups in total. The molecular weight excluding hydrogens is 346 g/mol. The van der Waals surface area contributed by atoms with Gasteiger partial charge in [0.2, 0.25) is 0 Å². The SMILES string of the molecule is CC1Cc2ccccc2N1c1cc(C(=O)Nc2cccc(Cl)c2)ccn1. The van der Waals surface area contributed by atoms with Crippen molar-refractivity contribution in [3.8, 4) is 0 Å². The van der Waals surface area contributed by atoms with E-state index in [1.54, 1.807) is 30.5 Å². The summed E-state index contributed by atoms with van der Waals surface area (Å²) >= 11 is 5.98. The fourth-order valence-electron chi connectivity index (χ4n) is 3.38.